The standard InChI is InChI=1S/C40H38Br2N6O4S2/c41-31-11-13-35-33(21-31)29(23-45-35)19-37(47-51-25-27-7-3-1-4-8-27)39(49)43-15-17-53-54-18-16-44-40(50)38(48-52-26-28-9-5-2-6-10-28)20-30-24-46-36-14-12-32(42)22-34(30)36/h1-14,21-24,45-46H,15-20,25-26H2,(H,43,49)(H,44,50)/b47-37+,48-38+. The lowest BCUT2D eigenvalue weighted by Crippen LogP contribution is -2.34. The molecule has 10 nitrogen and oxygen atoms in total. The van der Waals surface area contributed by atoms with Crippen molar-refractivity contribution >= 4 is 98.5 Å². The largest absolute Gasteiger partial charge is 0.391 e. The molecule has 0 aliphatic carbocycles. The van der Waals surface area contributed by atoms with Gasteiger partial charge in [0.1, 0.15) is 24.6 Å². The Kier molecular flexibility index (Phi) is 14.7. The number of halogens is 2. The molecule has 0 fully saturated rings. The molecule has 2 heterocycles. The number of nitrogens with one attached hydrogen (secondary N) is 4. The van der Waals surface area contributed by atoms with Crippen molar-refractivity contribution in [1.29, 1.82) is 0 Å². The Labute approximate surface area is 337 Å². The molecule has 278 valence electrons. The van der Waals surface area contributed by atoms with Crippen molar-refractivity contribution in [1.82, 2.24) is 20.6 Å². The molecule has 54 heavy (non-hydrogen) atoms. The minimum Gasteiger partial charge on any atom is -0.391 e. The summed E-state index contributed by atoms with van der Waals surface area (Å²) in [5.74, 6) is 0.764. The summed E-state index contributed by atoms with van der Waals surface area (Å²) in [6.45, 7) is 1.40. The molecule has 0 aliphatic heterocycles. The molecule has 0 saturated heterocycles. The van der Waals surface area contributed by atoms with Crippen LogP contribution in [0.25, 0.3) is 21.8 Å². The van der Waals surface area contributed by atoms with Crippen LogP contribution >= 0.6 is 53.4 Å². The highest BCUT2D eigenvalue weighted by Gasteiger charge is 2.18. The Morgan fingerprint density at radius 3 is 1.46 bits per heavy atom. The zero-order chi connectivity index (χ0) is 37.5. The number of H-pyrrole nitrogens is 2. The van der Waals surface area contributed by atoms with Crippen molar-refractivity contribution in [3.05, 3.63) is 141 Å². The van der Waals surface area contributed by atoms with Gasteiger partial charge in [-0.2, -0.15) is 0 Å². The molecule has 0 atom stereocenters. The van der Waals surface area contributed by atoms with E-state index in [-0.39, 0.29) is 36.5 Å². The van der Waals surface area contributed by atoms with Gasteiger partial charge in [-0.05, 0) is 58.7 Å². The Bertz CT molecular complexity index is 2070. The van der Waals surface area contributed by atoms with E-state index in [0.717, 1.165) is 53.0 Å². The number of benzene rings is 4. The highest BCUT2D eigenvalue weighted by molar-refractivity contribution is 9.10. The average molecular weight is 891 g/mol. The molecule has 0 aliphatic rings. The monoisotopic (exact) mass is 888 g/mol. The Morgan fingerprint density at radius 1 is 0.611 bits per heavy atom. The van der Waals surface area contributed by atoms with Crippen molar-refractivity contribution in [3.8, 4) is 0 Å². The maximum absolute atomic E-state index is 13.3. The quantitative estimate of drug-likeness (QED) is 0.0279. The summed E-state index contributed by atoms with van der Waals surface area (Å²) in [5, 5.41) is 16.5. The Hall–Kier alpha value is -4.50. The van der Waals surface area contributed by atoms with E-state index in [1.165, 1.54) is 0 Å². The number of oxime groups is 2. The maximum Gasteiger partial charge on any atom is 0.269 e. The van der Waals surface area contributed by atoms with Crippen molar-refractivity contribution in [2.75, 3.05) is 24.6 Å². The molecule has 0 unspecified atom stereocenters. The fraction of sp³-hybridized carbons (Fsp3) is 0.200. The zero-order valence-electron chi connectivity index (χ0n) is 29.1. The first-order valence-electron chi connectivity index (χ1n) is 17.2. The van der Waals surface area contributed by atoms with Gasteiger partial charge in [0.15, 0.2) is 0 Å². The van der Waals surface area contributed by atoms with Crippen LogP contribution in [0.1, 0.15) is 22.3 Å². The number of carbonyl (C=O) groups excluding carboxylic acids is 2. The van der Waals surface area contributed by atoms with Crippen LogP contribution in [0.15, 0.2) is 129 Å². The number of hydrogen-bond acceptors (Lipinski definition) is 8. The second-order valence-electron chi connectivity index (χ2n) is 12.1. The smallest absolute Gasteiger partial charge is 0.269 e. The third-order valence-corrected chi connectivity index (χ3v) is 11.6. The number of aromatic nitrogens is 2. The first-order chi connectivity index (χ1) is 26.4. The number of hydrogen-bond donors (Lipinski definition) is 4. The number of amides is 2. The molecule has 2 amide bonds. The number of fused-ring (bicyclic) bond motifs is 2. The second-order valence-corrected chi connectivity index (χ2v) is 16.6. The summed E-state index contributed by atoms with van der Waals surface area (Å²) in [6, 6.07) is 31.4. The molecule has 0 saturated carbocycles. The predicted octanol–water partition coefficient (Wildman–Crippen LogP) is 8.72. The van der Waals surface area contributed by atoms with Crippen LogP contribution in [0.3, 0.4) is 0 Å². The highest BCUT2D eigenvalue weighted by Crippen LogP contribution is 2.25. The van der Waals surface area contributed by atoms with Crippen molar-refractivity contribution in [3.63, 3.8) is 0 Å². The van der Waals surface area contributed by atoms with Gasteiger partial charge in [0, 0.05) is 80.6 Å². The van der Waals surface area contributed by atoms with Crippen molar-refractivity contribution < 1.29 is 19.3 Å². The van der Waals surface area contributed by atoms with Crippen molar-refractivity contribution in [2.24, 2.45) is 10.3 Å². The van der Waals surface area contributed by atoms with Gasteiger partial charge in [0.2, 0.25) is 0 Å². The normalized spacial score (nSPS) is 11.9. The Morgan fingerprint density at radius 2 is 1.04 bits per heavy atom. The third-order valence-electron chi connectivity index (χ3n) is 8.22. The molecular weight excluding hydrogens is 852 g/mol. The van der Waals surface area contributed by atoms with Gasteiger partial charge in [-0.3, -0.25) is 9.59 Å². The summed E-state index contributed by atoms with van der Waals surface area (Å²) in [4.78, 5) is 44.4. The summed E-state index contributed by atoms with van der Waals surface area (Å²) < 4.78 is 1.90. The van der Waals surface area contributed by atoms with E-state index < -0.39 is 0 Å². The number of carbonyl (C=O) groups is 2. The van der Waals surface area contributed by atoms with E-state index in [2.05, 4.69) is 62.8 Å². The van der Waals surface area contributed by atoms with E-state index in [9.17, 15) is 9.59 Å². The van der Waals surface area contributed by atoms with Gasteiger partial charge in [0.05, 0.1) is 0 Å². The average Bonchev–Trinajstić information content (AvgIpc) is 3.78. The molecule has 0 radical (unpaired) electrons. The van der Waals surface area contributed by atoms with Gasteiger partial charge < -0.3 is 30.3 Å². The van der Waals surface area contributed by atoms with Gasteiger partial charge in [-0.1, -0.05) is 124 Å². The molecular formula is C40H38Br2N6O4S2. The fourth-order valence-electron chi connectivity index (χ4n) is 5.51. The molecule has 0 spiro atoms. The lowest BCUT2D eigenvalue weighted by molar-refractivity contribution is -0.115. The van der Waals surface area contributed by atoms with Crippen LogP contribution < -0.4 is 10.6 Å². The lowest BCUT2D eigenvalue weighted by atomic mass is 10.1. The number of aromatic amines is 2. The van der Waals surface area contributed by atoms with Crippen LogP contribution in [0, 0.1) is 0 Å². The number of nitrogens with zero attached hydrogens (tertiary/aromatic N) is 2. The minimum absolute atomic E-state index is 0.259. The third kappa shape index (κ3) is 11.5. The highest BCUT2D eigenvalue weighted by atomic mass is 79.9. The summed E-state index contributed by atoms with van der Waals surface area (Å²) in [6.07, 6.45) is 4.41. The molecule has 4 aromatic carbocycles. The van der Waals surface area contributed by atoms with Crippen LogP contribution in [0.5, 0.6) is 0 Å². The van der Waals surface area contributed by atoms with Gasteiger partial charge in [-0.25, -0.2) is 0 Å². The summed E-state index contributed by atoms with van der Waals surface area (Å²) in [5.41, 5.74) is 6.35. The summed E-state index contributed by atoms with van der Waals surface area (Å²) in [7, 11) is 3.23. The van der Waals surface area contributed by atoms with Gasteiger partial charge >= 0.3 is 0 Å². The van der Waals surface area contributed by atoms with E-state index in [0.29, 0.717) is 37.4 Å². The lowest BCUT2D eigenvalue weighted by Gasteiger charge is -2.09. The van der Waals surface area contributed by atoms with Gasteiger partial charge in [0.25, 0.3) is 11.8 Å². The minimum atomic E-state index is -0.283. The fourth-order valence-corrected chi connectivity index (χ4v) is 8.05. The molecule has 6 aromatic rings. The van der Waals surface area contributed by atoms with E-state index in [1.807, 2.05) is 109 Å². The number of rotatable bonds is 19. The predicted molar refractivity (Wildman–Crippen MR) is 228 cm³/mol. The zero-order valence-corrected chi connectivity index (χ0v) is 34.0. The van der Waals surface area contributed by atoms with Crippen LogP contribution in [0.2, 0.25) is 0 Å². The molecule has 0 bridgehead atoms. The van der Waals surface area contributed by atoms with E-state index >= 15 is 0 Å². The molecule has 6 rings (SSSR count). The van der Waals surface area contributed by atoms with E-state index in [1.54, 1.807) is 21.6 Å². The van der Waals surface area contributed by atoms with Crippen LogP contribution in [-0.4, -0.2) is 57.8 Å². The maximum atomic E-state index is 13.3. The van der Waals surface area contributed by atoms with Crippen LogP contribution in [-0.2, 0) is 45.3 Å². The van der Waals surface area contributed by atoms with E-state index in [4.69, 9.17) is 9.68 Å². The SMILES string of the molecule is O=C(NCCSSCCNC(=O)/C(Cc1c[nH]c2ccc(Br)cc12)=N/OCc1ccccc1)/C(Cc1c[nH]c2ccc(Br)cc12)=N/OCc1ccccc1. The molecule has 2 aromatic heterocycles. The second kappa shape index (κ2) is 20.3. The summed E-state index contributed by atoms with van der Waals surface area (Å²) >= 11 is 7.08. The first kappa shape index (κ1) is 39.2. The first-order valence-corrected chi connectivity index (χ1v) is 21.3. The van der Waals surface area contributed by atoms with Crippen molar-refractivity contribution in [2.45, 2.75) is 26.1 Å². The molecule has 14 heteroatoms. The molecule has 4 N–H and O–H groups in total. The van der Waals surface area contributed by atoms with Gasteiger partial charge in [-0.15, -0.1) is 0 Å². The van der Waals surface area contributed by atoms with Crippen LogP contribution in [0.4, 0.5) is 0 Å². The Balaban J connectivity index is 0.971. The topological polar surface area (TPSA) is 133 Å².